The Labute approximate surface area is 96.0 Å². The minimum absolute atomic E-state index is 0.835. The molecule has 0 amide bonds. The molecule has 2 unspecified atom stereocenters. The molecule has 0 radical (unpaired) electrons. The molecule has 0 aliphatic heterocycles. The molecular weight excluding hydrogens is 182 g/mol. The highest BCUT2D eigenvalue weighted by atomic mass is 14.9. The van der Waals surface area contributed by atoms with Crippen LogP contribution < -0.4 is 5.32 Å². The second kappa shape index (κ2) is 7.27. The minimum atomic E-state index is 0.835. The average molecular weight is 211 g/mol. The van der Waals surface area contributed by atoms with Gasteiger partial charge in [-0.1, -0.05) is 46.5 Å². The Morgan fingerprint density at radius 2 is 1.93 bits per heavy atom. The topological polar surface area (TPSA) is 12.0 Å². The highest BCUT2D eigenvalue weighted by Crippen LogP contribution is 2.35. The molecule has 1 rings (SSSR count). The van der Waals surface area contributed by atoms with E-state index in [9.17, 15) is 0 Å². The lowest BCUT2D eigenvalue weighted by atomic mass is 9.83. The quantitative estimate of drug-likeness (QED) is 0.671. The van der Waals surface area contributed by atoms with Crippen LogP contribution in [0.2, 0.25) is 0 Å². The zero-order valence-corrected chi connectivity index (χ0v) is 10.9. The van der Waals surface area contributed by atoms with Crippen LogP contribution in [0.4, 0.5) is 0 Å². The zero-order valence-electron chi connectivity index (χ0n) is 10.9. The van der Waals surface area contributed by atoms with Crippen LogP contribution in [0.25, 0.3) is 0 Å². The van der Waals surface area contributed by atoms with E-state index in [0.29, 0.717) is 0 Å². The fraction of sp³-hybridized carbons (Fsp3) is 1.00. The van der Waals surface area contributed by atoms with Crippen LogP contribution in [0.15, 0.2) is 0 Å². The fourth-order valence-electron chi connectivity index (χ4n) is 3.23. The van der Waals surface area contributed by atoms with Crippen molar-refractivity contribution in [3.05, 3.63) is 0 Å². The maximum absolute atomic E-state index is 3.75. The van der Waals surface area contributed by atoms with Crippen molar-refractivity contribution < 1.29 is 0 Å². The first-order valence-corrected chi connectivity index (χ1v) is 7.06. The number of hydrogen-bond acceptors (Lipinski definition) is 1. The van der Waals surface area contributed by atoms with Crippen LogP contribution in [0.3, 0.4) is 0 Å². The molecule has 0 aromatic rings. The molecule has 0 aromatic heterocycles. The van der Waals surface area contributed by atoms with Gasteiger partial charge in [0, 0.05) is 6.04 Å². The average Bonchev–Trinajstić information content (AvgIpc) is 2.71. The Kier molecular flexibility index (Phi) is 6.31. The molecule has 0 heterocycles. The lowest BCUT2D eigenvalue weighted by Gasteiger charge is -2.28. The first-order valence-electron chi connectivity index (χ1n) is 7.06. The lowest BCUT2D eigenvalue weighted by Crippen LogP contribution is -2.36. The van der Waals surface area contributed by atoms with Crippen LogP contribution in [0, 0.1) is 11.8 Å². The highest BCUT2D eigenvalue weighted by molar-refractivity contribution is 4.86. The zero-order chi connectivity index (χ0) is 11.1. The Hall–Kier alpha value is -0.0400. The molecule has 0 saturated heterocycles. The standard InChI is InChI=1S/C14H29N/c1-4-8-12(6-3)13-9-7-10-14(13)15-11-5-2/h12-15H,4-11H2,1-3H3/t12?,13-,14?/m1/s1. The monoisotopic (exact) mass is 211 g/mol. The van der Waals surface area contributed by atoms with Gasteiger partial charge in [0.05, 0.1) is 0 Å². The van der Waals surface area contributed by atoms with Crippen molar-refractivity contribution in [1.82, 2.24) is 5.32 Å². The molecule has 3 atom stereocenters. The largest absolute Gasteiger partial charge is 0.314 e. The van der Waals surface area contributed by atoms with Crippen LogP contribution >= 0.6 is 0 Å². The third kappa shape index (κ3) is 3.79. The van der Waals surface area contributed by atoms with Gasteiger partial charge in [0.25, 0.3) is 0 Å². The van der Waals surface area contributed by atoms with Crippen molar-refractivity contribution in [3.8, 4) is 0 Å². The van der Waals surface area contributed by atoms with E-state index in [-0.39, 0.29) is 0 Å². The summed E-state index contributed by atoms with van der Waals surface area (Å²) in [5.41, 5.74) is 0. The SMILES string of the molecule is CCCNC1CCC[C@@H]1C(CC)CCC. The molecule has 1 aliphatic carbocycles. The van der Waals surface area contributed by atoms with Crippen molar-refractivity contribution in [2.75, 3.05) is 6.54 Å². The lowest BCUT2D eigenvalue weighted by molar-refractivity contribution is 0.255. The summed E-state index contributed by atoms with van der Waals surface area (Å²) in [6.45, 7) is 8.17. The van der Waals surface area contributed by atoms with E-state index in [2.05, 4.69) is 26.1 Å². The Balaban J connectivity index is 2.42. The van der Waals surface area contributed by atoms with Crippen molar-refractivity contribution >= 4 is 0 Å². The van der Waals surface area contributed by atoms with Gasteiger partial charge in [0.1, 0.15) is 0 Å². The first-order chi connectivity index (χ1) is 7.33. The minimum Gasteiger partial charge on any atom is -0.314 e. The fourth-order valence-corrected chi connectivity index (χ4v) is 3.23. The third-order valence-corrected chi connectivity index (χ3v) is 4.02. The molecule has 15 heavy (non-hydrogen) atoms. The van der Waals surface area contributed by atoms with Crippen LogP contribution in [-0.2, 0) is 0 Å². The normalized spacial score (nSPS) is 28.2. The van der Waals surface area contributed by atoms with Crippen LogP contribution in [0.1, 0.15) is 65.7 Å². The molecule has 0 bridgehead atoms. The van der Waals surface area contributed by atoms with E-state index in [4.69, 9.17) is 0 Å². The maximum atomic E-state index is 3.75. The second-order valence-electron chi connectivity index (χ2n) is 5.11. The van der Waals surface area contributed by atoms with E-state index in [0.717, 1.165) is 17.9 Å². The molecule has 1 nitrogen and oxygen atoms in total. The summed E-state index contributed by atoms with van der Waals surface area (Å²) in [5, 5.41) is 3.75. The summed E-state index contributed by atoms with van der Waals surface area (Å²) < 4.78 is 0. The van der Waals surface area contributed by atoms with Gasteiger partial charge in [-0.05, 0) is 37.6 Å². The molecule has 0 aromatic carbocycles. The molecule has 90 valence electrons. The van der Waals surface area contributed by atoms with Gasteiger partial charge in [-0.15, -0.1) is 0 Å². The summed E-state index contributed by atoms with van der Waals surface area (Å²) in [5.74, 6) is 1.95. The summed E-state index contributed by atoms with van der Waals surface area (Å²) in [4.78, 5) is 0. The van der Waals surface area contributed by atoms with Gasteiger partial charge in [-0.3, -0.25) is 0 Å². The van der Waals surface area contributed by atoms with E-state index in [1.54, 1.807) is 0 Å². The smallest absolute Gasteiger partial charge is 0.00979 e. The van der Waals surface area contributed by atoms with Crippen LogP contribution in [-0.4, -0.2) is 12.6 Å². The molecule has 1 heteroatoms. The van der Waals surface area contributed by atoms with E-state index < -0.39 is 0 Å². The molecule has 1 fully saturated rings. The summed E-state index contributed by atoms with van der Waals surface area (Å²) in [6, 6.07) is 0.835. The summed E-state index contributed by atoms with van der Waals surface area (Å²) in [7, 11) is 0. The van der Waals surface area contributed by atoms with Crippen LogP contribution in [0.5, 0.6) is 0 Å². The van der Waals surface area contributed by atoms with Crippen molar-refractivity contribution in [3.63, 3.8) is 0 Å². The molecule has 0 spiro atoms. The van der Waals surface area contributed by atoms with Gasteiger partial charge >= 0.3 is 0 Å². The number of rotatable bonds is 7. The van der Waals surface area contributed by atoms with Gasteiger partial charge in [0.2, 0.25) is 0 Å². The third-order valence-electron chi connectivity index (χ3n) is 4.02. The molecule has 1 N–H and O–H groups in total. The van der Waals surface area contributed by atoms with E-state index in [1.165, 1.54) is 51.5 Å². The summed E-state index contributed by atoms with van der Waals surface area (Å²) >= 11 is 0. The van der Waals surface area contributed by atoms with Gasteiger partial charge in [-0.2, -0.15) is 0 Å². The highest BCUT2D eigenvalue weighted by Gasteiger charge is 2.31. The number of nitrogens with one attached hydrogen (secondary N) is 1. The summed E-state index contributed by atoms with van der Waals surface area (Å²) in [6.07, 6.45) is 9.79. The Morgan fingerprint density at radius 1 is 1.13 bits per heavy atom. The van der Waals surface area contributed by atoms with Crippen molar-refractivity contribution in [2.45, 2.75) is 71.8 Å². The molecule has 1 aliphatic rings. The van der Waals surface area contributed by atoms with Crippen molar-refractivity contribution in [1.29, 1.82) is 0 Å². The molecular formula is C14H29N. The molecule has 1 saturated carbocycles. The van der Waals surface area contributed by atoms with E-state index >= 15 is 0 Å². The van der Waals surface area contributed by atoms with Gasteiger partial charge < -0.3 is 5.32 Å². The predicted octanol–water partition coefficient (Wildman–Crippen LogP) is 3.98. The van der Waals surface area contributed by atoms with Gasteiger partial charge in [0.15, 0.2) is 0 Å². The van der Waals surface area contributed by atoms with Gasteiger partial charge in [-0.25, -0.2) is 0 Å². The number of hydrogen-bond donors (Lipinski definition) is 1. The predicted molar refractivity (Wildman–Crippen MR) is 68.1 cm³/mol. The van der Waals surface area contributed by atoms with E-state index in [1.807, 2.05) is 0 Å². The first kappa shape index (κ1) is 13.0. The Bertz CT molecular complexity index is 155. The Morgan fingerprint density at radius 3 is 2.53 bits per heavy atom. The maximum Gasteiger partial charge on any atom is 0.00979 e. The second-order valence-corrected chi connectivity index (χ2v) is 5.11. The van der Waals surface area contributed by atoms with Crippen molar-refractivity contribution in [2.24, 2.45) is 11.8 Å².